The Bertz CT molecular complexity index is 526. The molecule has 1 aromatic rings. The van der Waals surface area contributed by atoms with Crippen LogP contribution in [0.3, 0.4) is 0 Å². The molecule has 2 N–H and O–H groups in total. The Kier molecular flexibility index (Phi) is 3.65. The minimum absolute atomic E-state index is 0.251. The second-order valence-corrected chi connectivity index (χ2v) is 5.12. The standard InChI is InChI=1S/C13H16N4O2/c1-9-3-2-5-13(7-9,12(18)19)16-11-10(8-14)4-6-15-17-11/h4,6,9H,2-3,5,7H2,1H3,(H,16,17)(H,18,19). The molecule has 1 aliphatic rings. The molecule has 0 bridgehead atoms. The zero-order chi connectivity index (χ0) is 13.9. The molecule has 0 amide bonds. The number of hydrogen-bond acceptors (Lipinski definition) is 5. The van der Waals surface area contributed by atoms with Crippen molar-refractivity contribution in [1.82, 2.24) is 10.2 Å². The van der Waals surface area contributed by atoms with Crippen molar-refractivity contribution in [1.29, 1.82) is 5.26 Å². The number of nitrogens with zero attached hydrogens (tertiary/aromatic N) is 3. The molecule has 1 aromatic heterocycles. The van der Waals surface area contributed by atoms with Crippen molar-refractivity contribution in [3.63, 3.8) is 0 Å². The topological polar surface area (TPSA) is 98.9 Å². The summed E-state index contributed by atoms with van der Waals surface area (Å²) in [7, 11) is 0. The molecule has 0 saturated heterocycles. The van der Waals surface area contributed by atoms with Crippen LogP contribution >= 0.6 is 0 Å². The highest BCUT2D eigenvalue weighted by molar-refractivity contribution is 5.83. The first-order chi connectivity index (χ1) is 9.07. The van der Waals surface area contributed by atoms with Crippen LogP contribution in [0.5, 0.6) is 0 Å². The van der Waals surface area contributed by atoms with E-state index in [9.17, 15) is 9.90 Å². The van der Waals surface area contributed by atoms with Gasteiger partial charge in [0.25, 0.3) is 0 Å². The van der Waals surface area contributed by atoms with E-state index in [4.69, 9.17) is 5.26 Å². The Morgan fingerprint density at radius 2 is 2.47 bits per heavy atom. The number of hydrogen-bond donors (Lipinski definition) is 2. The van der Waals surface area contributed by atoms with E-state index in [1.807, 2.05) is 13.0 Å². The highest BCUT2D eigenvalue weighted by Crippen LogP contribution is 2.35. The van der Waals surface area contributed by atoms with Crippen molar-refractivity contribution in [3.8, 4) is 6.07 Å². The molecule has 6 nitrogen and oxygen atoms in total. The number of nitrogens with one attached hydrogen (secondary N) is 1. The molecule has 2 unspecified atom stereocenters. The zero-order valence-corrected chi connectivity index (χ0v) is 10.8. The van der Waals surface area contributed by atoms with E-state index in [-0.39, 0.29) is 5.82 Å². The molecular weight excluding hydrogens is 244 g/mol. The summed E-state index contributed by atoms with van der Waals surface area (Å²) >= 11 is 0. The molecule has 0 spiro atoms. The Labute approximate surface area is 111 Å². The first-order valence-corrected chi connectivity index (χ1v) is 6.31. The van der Waals surface area contributed by atoms with Gasteiger partial charge in [-0.1, -0.05) is 19.8 Å². The average Bonchev–Trinajstić information content (AvgIpc) is 2.39. The average molecular weight is 260 g/mol. The maximum Gasteiger partial charge on any atom is 0.329 e. The Balaban J connectivity index is 2.31. The van der Waals surface area contributed by atoms with Crippen LogP contribution in [0.1, 0.15) is 38.2 Å². The molecule has 1 fully saturated rings. The summed E-state index contributed by atoms with van der Waals surface area (Å²) in [6.07, 6.45) is 4.36. The summed E-state index contributed by atoms with van der Waals surface area (Å²) in [6.45, 7) is 2.04. The van der Waals surface area contributed by atoms with Gasteiger partial charge in [-0.25, -0.2) is 4.79 Å². The van der Waals surface area contributed by atoms with Crippen LogP contribution in [-0.2, 0) is 4.79 Å². The lowest BCUT2D eigenvalue weighted by Gasteiger charge is -2.37. The maximum atomic E-state index is 11.6. The molecule has 1 saturated carbocycles. The number of carbonyl (C=O) groups is 1. The van der Waals surface area contributed by atoms with Gasteiger partial charge >= 0.3 is 5.97 Å². The Morgan fingerprint density at radius 3 is 3.11 bits per heavy atom. The number of carboxylic acids is 1. The highest BCUT2D eigenvalue weighted by Gasteiger charge is 2.42. The molecule has 2 rings (SSSR count). The van der Waals surface area contributed by atoms with E-state index in [1.165, 1.54) is 12.3 Å². The quantitative estimate of drug-likeness (QED) is 0.859. The predicted molar refractivity (Wildman–Crippen MR) is 68.4 cm³/mol. The van der Waals surface area contributed by atoms with Gasteiger partial charge in [0.1, 0.15) is 11.6 Å². The molecule has 100 valence electrons. The molecule has 1 aliphatic carbocycles. The first-order valence-electron chi connectivity index (χ1n) is 6.31. The van der Waals surface area contributed by atoms with Crippen molar-refractivity contribution in [2.24, 2.45) is 5.92 Å². The summed E-state index contributed by atoms with van der Waals surface area (Å²) in [5, 5.41) is 29.1. The molecule has 2 atom stereocenters. The first kappa shape index (κ1) is 13.3. The fourth-order valence-corrected chi connectivity index (χ4v) is 2.65. The molecule has 0 radical (unpaired) electrons. The Hall–Kier alpha value is -2.16. The summed E-state index contributed by atoms with van der Waals surface area (Å²) < 4.78 is 0. The largest absolute Gasteiger partial charge is 0.480 e. The number of rotatable bonds is 3. The minimum Gasteiger partial charge on any atom is -0.480 e. The summed E-state index contributed by atoms with van der Waals surface area (Å²) in [5.74, 6) is -0.311. The van der Waals surface area contributed by atoms with Gasteiger partial charge in [-0.05, 0) is 24.8 Å². The van der Waals surface area contributed by atoms with Crippen LogP contribution in [0.25, 0.3) is 0 Å². The van der Waals surface area contributed by atoms with Crippen molar-refractivity contribution >= 4 is 11.8 Å². The third kappa shape index (κ3) is 2.65. The van der Waals surface area contributed by atoms with Crippen molar-refractivity contribution in [2.75, 3.05) is 5.32 Å². The van der Waals surface area contributed by atoms with Gasteiger partial charge in [-0.3, -0.25) is 0 Å². The van der Waals surface area contributed by atoms with Gasteiger partial charge in [0, 0.05) is 0 Å². The summed E-state index contributed by atoms with van der Waals surface area (Å²) in [6, 6.07) is 3.52. The third-order valence-electron chi connectivity index (χ3n) is 3.61. The predicted octanol–water partition coefficient (Wildman–Crippen LogP) is 1.79. The number of anilines is 1. The molecule has 1 heterocycles. The van der Waals surface area contributed by atoms with Crippen LogP contribution in [0.2, 0.25) is 0 Å². The van der Waals surface area contributed by atoms with Crippen LogP contribution in [0, 0.1) is 17.2 Å². The lowest BCUT2D eigenvalue weighted by molar-refractivity contribution is -0.144. The van der Waals surface area contributed by atoms with Crippen molar-refractivity contribution in [2.45, 2.75) is 38.1 Å². The second-order valence-electron chi connectivity index (χ2n) is 5.12. The summed E-state index contributed by atoms with van der Waals surface area (Å²) in [5.41, 5.74) is -0.729. The lowest BCUT2D eigenvalue weighted by atomic mass is 9.76. The molecule has 0 aromatic carbocycles. The fourth-order valence-electron chi connectivity index (χ4n) is 2.65. The van der Waals surface area contributed by atoms with Crippen molar-refractivity contribution < 1.29 is 9.90 Å². The minimum atomic E-state index is -1.04. The van der Waals surface area contributed by atoms with Gasteiger partial charge in [0.15, 0.2) is 5.82 Å². The van der Waals surface area contributed by atoms with Crippen molar-refractivity contribution in [3.05, 3.63) is 17.8 Å². The van der Waals surface area contributed by atoms with E-state index in [0.29, 0.717) is 24.3 Å². The maximum absolute atomic E-state index is 11.6. The zero-order valence-electron chi connectivity index (χ0n) is 10.8. The molecule has 0 aliphatic heterocycles. The van der Waals surface area contributed by atoms with Gasteiger partial charge in [0.05, 0.1) is 11.8 Å². The number of nitriles is 1. The monoisotopic (exact) mass is 260 g/mol. The number of aliphatic carboxylic acids is 1. The van der Waals surface area contributed by atoms with Crippen LogP contribution < -0.4 is 5.32 Å². The number of carboxylic acid groups (broad SMARTS) is 1. The van der Waals surface area contributed by atoms with E-state index in [0.717, 1.165) is 12.8 Å². The van der Waals surface area contributed by atoms with E-state index in [2.05, 4.69) is 15.5 Å². The van der Waals surface area contributed by atoms with Gasteiger partial charge in [-0.2, -0.15) is 10.4 Å². The van der Waals surface area contributed by atoms with E-state index < -0.39 is 11.5 Å². The molecule has 6 heteroatoms. The Morgan fingerprint density at radius 1 is 1.68 bits per heavy atom. The van der Waals surface area contributed by atoms with Crippen LogP contribution in [0.15, 0.2) is 12.3 Å². The van der Waals surface area contributed by atoms with E-state index in [1.54, 1.807) is 0 Å². The lowest BCUT2D eigenvalue weighted by Crippen LogP contribution is -2.50. The van der Waals surface area contributed by atoms with Gasteiger partial charge in [0.2, 0.25) is 0 Å². The highest BCUT2D eigenvalue weighted by atomic mass is 16.4. The van der Waals surface area contributed by atoms with E-state index >= 15 is 0 Å². The van der Waals surface area contributed by atoms with Crippen LogP contribution in [-0.4, -0.2) is 26.8 Å². The van der Waals surface area contributed by atoms with Gasteiger partial charge < -0.3 is 10.4 Å². The smallest absolute Gasteiger partial charge is 0.329 e. The van der Waals surface area contributed by atoms with Gasteiger partial charge in [-0.15, -0.1) is 5.10 Å². The molecular formula is C13H16N4O2. The summed E-state index contributed by atoms with van der Waals surface area (Å²) in [4.78, 5) is 11.6. The third-order valence-corrected chi connectivity index (χ3v) is 3.61. The fraction of sp³-hybridized carbons (Fsp3) is 0.538. The van der Waals surface area contributed by atoms with Crippen LogP contribution in [0.4, 0.5) is 5.82 Å². The second kappa shape index (κ2) is 5.22. The SMILES string of the molecule is CC1CCCC(Nc2nnccc2C#N)(C(=O)O)C1. The molecule has 19 heavy (non-hydrogen) atoms. The normalized spacial score (nSPS) is 26.4. The number of aromatic nitrogens is 2.